The van der Waals surface area contributed by atoms with Gasteiger partial charge in [-0.25, -0.2) is 4.98 Å². The van der Waals surface area contributed by atoms with Gasteiger partial charge in [0.25, 0.3) is 0 Å². The Kier molecular flexibility index (Phi) is 13.5. The molecule has 2 nitrogen and oxygen atoms in total. The van der Waals surface area contributed by atoms with Crippen LogP contribution in [0.1, 0.15) is 103 Å². The minimum Gasteiger partial charge on any atom is -0.335 e. The van der Waals surface area contributed by atoms with Gasteiger partial charge < -0.3 is 4.57 Å². The smallest absolute Gasteiger partial charge is 0.105 e. The molecule has 0 fully saturated rings. The minimum absolute atomic E-state index is 1.13. The fourth-order valence-corrected chi connectivity index (χ4v) is 3.17. The second-order valence-corrected chi connectivity index (χ2v) is 7.11. The molecule has 1 rings (SSSR count). The summed E-state index contributed by atoms with van der Waals surface area (Å²) in [6.45, 7) is 5.50. The third-order valence-electron chi connectivity index (χ3n) is 4.83. The Bertz CT molecular complexity index is 406. The number of hydrogen-bond donors (Lipinski definition) is 0. The van der Waals surface area contributed by atoms with Crippen LogP contribution in [0.25, 0.3) is 0 Å². The quantitative estimate of drug-likeness (QED) is 0.230. The number of aryl methyl sites for hydroxylation is 2. The van der Waals surface area contributed by atoms with Crippen molar-refractivity contribution in [3.63, 3.8) is 0 Å². The number of imidazole rings is 1. The van der Waals surface area contributed by atoms with E-state index in [1.807, 2.05) is 6.20 Å². The van der Waals surface area contributed by atoms with Gasteiger partial charge in [0.05, 0.1) is 0 Å². The van der Waals surface area contributed by atoms with Crippen molar-refractivity contribution in [2.75, 3.05) is 0 Å². The molecule has 0 aliphatic heterocycles. The summed E-state index contributed by atoms with van der Waals surface area (Å²) in [6, 6.07) is 0. The van der Waals surface area contributed by atoms with Gasteiger partial charge in [0.1, 0.15) is 5.82 Å². The first-order valence-electron chi connectivity index (χ1n) is 10.5. The lowest BCUT2D eigenvalue weighted by atomic mass is 10.1. The molecule has 2 heteroatoms. The van der Waals surface area contributed by atoms with E-state index in [-0.39, 0.29) is 0 Å². The largest absolute Gasteiger partial charge is 0.335 e. The van der Waals surface area contributed by atoms with E-state index in [9.17, 15) is 0 Å². The van der Waals surface area contributed by atoms with E-state index in [0.717, 1.165) is 12.4 Å². The second-order valence-electron chi connectivity index (χ2n) is 7.11. The van der Waals surface area contributed by atoms with Gasteiger partial charge in [0.2, 0.25) is 0 Å². The Morgan fingerprint density at radius 3 is 1.88 bits per heavy atom. The van der Waals surface area contributed by atoms with Crippen molar-refractivity contribution in [3.05, 3.63) is 30.4 Å². The highest BCUT2D eigenvalue weighted by molar-refractivity contribution is 4.88. The number of hydrogen-bond acceptors (Lipinski definition) is 1. The Morgan fingerprint density at radius 2 is 1.33 bits per heavy atom. The monoisotopic (exact) mass is 332 g/mol. The van der Waals surface area contributed by atoms with Crippen LogP contribution in [0, 0.1) is 6.92 Å². The molecule has 0 spiro atoms. The maximum Gasteiger partial charge on any atom is 0.105 e. The van der Waals surface area contributed by atoms with Gasteiger partial charge >= 0.3 is 0 Å². The molecule has 0 aliphatic carbocycles. The summed E-state index contributed by atoms with van der Waals surface area (Å²) in [7, 11) is 0. The van der Waals surface area contributed by atoms with Crippen LogP contribution in [0.2, 0.25) is 0 Å². The molecule has 1 heterocycles. The number of aromatic nitrogens is 2. The van der Waals surface area contributed by atoms with Crippen molar-refractivity contribution in [1.82, 2.24) is 9.55 Å². The topological polar surface area (TPSA) is 17.8 Å². The molecule has 0 saturated heterocycles. The first-order valence-corrected chi connectivity index (χ1v) is 10.5. The van der Waals surface area contributed by atoms with E-state index in [1.165, 1.54) is 89.9 Å². The van der Waals surface area contributed by atoms with Gasteiger partial charge in [-0.3, -0.25) is 0 Å². The summed E-state index contributed by atoms with van der Waals surface area (Å²) in [5, 5.41) is 0. The molecule has 0 atom stereocenters. The maximum absolute atomic E-state index is 4.27. The normalized spacial score (nSPS) is 11.6. The number of nitrogens with zero attached hydrogens (tertiary/aromatic N) is 2. The Balaban J connectivity index is 1.77. The van der Waals surface area contributed by atoms with Crippen molar-refractivity contribution >= 4 is 0 Å². The van der Waals surface area contributed by atoms with Crippen molar-refractivity contribution in [1.29, 1.82) is 0 Å². The SMILES string of the molecule is CCCCCCCCC=CCCCCCCCCn1ccnc1C. The predicted molar refractivity (Wildman–Crippen MR) is 106 cm³/mol. The highest BCUT2D eigenvalue weighted by Crippen LogP contribution is 2.10. The first kappa shape index (κ1) is 21.0. The van der Waals surface area contributed by atoms with Crippen molar-refractivity contribution in [2.24, 2.45) is 0 Å². The van der Waals surface area contributed by atoms with E-state index in [4.69, 9.17) is 0 Å². The van der Waals surface area contributed by atoms with Gasteiger partial charge in [0.15, 0.2) is 0 Å². The third kappa shape index (κ3) is 11.5. The molecule has 0 aromatic carbocycles. The zero-order chi connectivity index (χ0) is 17.3. The lowest BCUT2D eigenvalue weighted by Crippen LogP contribution is -1.98. The third-order valence-corrected chi connectivity index (χ3v) is 4.83. The standard InChI is InChI=1S/C22H40N2/c1-3-4-5-6-7-8-9-10-11-12-13-14-15-16-17-18-20-24-21-19-23-22(24)2/h10-11,19,21H,3-9,12-18,20H2,1-2H3. The van der Waals surface area contributed by atoms with Crippen molar-refractivity contribution < 1.29 is 0 Å². The summed E-state index contributed by atoms with van der Waals surface area (Å²) in [5.41, 5.74) is 0. The highest BCUT2D eigenvalue weighted by Gasteiger charge is 1.96. The molecule has 0 bridgehead atoms. The first-order chi connectivity index (χ1) is 11.8. The molecule has 0 aliphatic rings. The fraction of sp³-hybridized carbons (Fsp3) is 0.773. The zero-order valence-electron chi connectivity index (χ0n) is 16.3. The Hall–Kier alpha value is -1.05. The average Bonchev–Trinajstić information content (AvgIpc) is 2.99. The highest BCUT2D eigenvalue weighted by atomic mass is 15.0. The zero-order valence-corrected chi connectivity index (χ0v) is 16.3. The Morgan fingerprint density at radius 1 is 0.792 bits per heavy atom. The molecular formula is C22H40N2. The van der Waals surface area contributed by atoms with Gasteiger partial charge in [-0.1, -0.05) is 76.9 Å². The summed E-state index contributed by atoms with van der Waals surface area (Å²) in [4.78, 5) is 4.27. The maximum atomic E-state index is 4.27. The van der Waals surface area contributed by atoms with Crippen molar-refractivity contribution in [2.45, 2.75) is 110 Å². The predicted octanol–water partition coefficient (Wildman–Crippen LogP) is 7.23. The van der Waals surface area contributed by atoms with E-state index >= 15 is 0 Å². The molecule has 1 aromatic heterocycles. The van der Waals surface area contributed by atoms with Gasteiger partial charge in [0, 0.05) is 18.9 Å². The van der Waals surface area contributed by atoms with Crippen LogP contribution in [0.5, 0.6) is 0 Å². The molecule has 0 unspecified atom stereocenters. The molecule has 1 aromatic rings. The van der Waals surface area contributed by atoms with Crippen LogP contribution in [0.4, 0.5) is 0 Å². The van der Waals surface area contributed by atoms with E-state index < -0.39 is 0 Å². The summed E-state index contributed by atoms with van der Waals surface area (Å²) in [5.74, 6) is 1.14. The number of unbranched alkanes of at least 4 members (excludes halogenated alkanes) is 12. The molecule has 0 saturated carbocycles. The van der Waals surface area contributed by atoms with Crippen molar-refractivity contribution in [3.8, 4) is 0 Å². The van der Waals surface area contributed by atoms with Crippen LogP contribution in [0.15, 0.2) is 24.5 Å². The molecule has 138 valence electrons. The molecule has 0 amide bonds. The van der Waals surface area contributed by atoms with E-state index in [1.54, 1.807) is 0 Å². The summed E-state index contributed by atoms with van der Waals surface area (Å²) < 4.78 is 2.26. The fourth-order valence-electron chi connectivity index (χ4n) is 3.17. The van der Waals surface area contributed by atoms with Crippen LogP contribution in [-0.2, 0) is 6.54 Å². The van der Waals surface area contributed by atoms with Crippen LogP contribution in [-0.4, -0.2) is 9.55 Å². The molecule has 24 heavy (non-hydrogen) atoms. The average molecular weight is 333 g/mol. The lowest BCUT2D eigenvalue weighted by Gasteiger charge is -2.04. The van der Waals surface area contributed by atoms with Gasteiger partial charge in [-0.2, -0.15) is 0 Å². The summed E-state index contributed by atoms with van der Waals surface area (Å²) in [6.07, 6.45) is 28.0. The Labute approximate surface area is 150 Å². The minimum atomic E-state index is 1.13. The van der Waals surface area contributed by atoms with Gasteiger partial charge in [-0.15, -0.1) is 0 Å². The molecular weight excluding hydrogens is 292 g/mol. The van der Waals surface area contributed by atoms with Crippen LogP contribution >= 0.6 is 0 Å². The lowest BCUT2D eigenvalue weighted by molar-refractivity contribution is 0.547. The van der Waals surface area contributed by atoms with E-state index in [2.05, 4.69) is 41.7 Å². The van der Waals surface area contributed by atoms with Gasteiger partial charge in [-0.05, 0) is 39.0 Å². The number of rotatable bonds is 16. The second kappa shape index (κ2) is 15.5. The molecule has 0 radical (unpaired) electrons. The van der Waals surface area contributed by atoms with Crippen LogP contribution in [0.3, 0.4) is 0 Å². The van der Waals surface area contributed by atoms with Crippen LogP contribution < -0.4 is 0 Å². The summed E-state index contributed by atoms with van der Waals surface area (Å²) >= 11 is 0. The van der Waals surface area contributed by atoms with E-state index in [0.29, 0.717) is 0 Å². The number of allylic oxidation sites excluding steroid dienone is 2. The molecule has 0 N–H and O–H groups in total.